The molecule has 25 heavy (non-hydrogen) atoms. The molecule has 0 saturated carbocycles. The fraction of sp³-hybridized carbons (Fsp3) is 0.435. The minimum Gasteiger partial charge on any atom is -0.351 e. The normalized spacial score (nSPS) is 12.0. The number of amides is 1. The Morgan fingerprint density at radius 2 is 1.44 bits per heavy atom. The van der Waals surface area contributed by atoms with E-state index in [1.54, 1.807) is 0 Å². The van der Waals surface area contributed by atoms with Gasteiger partial charge in [0.25, 0.3) is 0 Å². The largest absolute Gasteiger partial charge is 0.351 e. The lowest BCUT2D eigenvalue weighted by Gasteiger charge is -2.26. The zero-order valence-electron chi connectivity index (χ0n) is 16.2. The Balaban J connectivity index is 1.85. The first-order valence-electron chi connectivity index (χ1n) is 9.10. The second-order valence-electron chi connectivity index (χ2n) is 8.54. The van der Waals surface area contributed by atoms with E-state index in [-0.39, 0.29) is 16.9 Å². The fourth-order valence-electron chi connectivity index (χ4n) is 3.02. The van der Waals surface area contributed by atoms with E-state index < -0.39 is 0 Å². The number of nitrogens with one attached hydrogen (secondary N) is 1. The Kier molecular flexibility index (Phi) is 6.05. The third-order valence-corrected chi connectivity index (χ3v) is 4.43. The Morgan fingerprint density at radius 1 is 0.840 bits per heavy atom. The van der Waals surface area contributed by atoms with Crippen molar-refractivity contribution >= 4 is 5.91 Å². The van der Waals surface area contributed by atoms with Crippen molar-refractivity contribution in [2.24, 2.45) is 0 Å². The number of benzene rings is 2. The molecule has 0 atom stereocenters. The van der Waals surface area contributed by atoms with Crippen molar-refractivity contribution in [3.8, 4) is 0 Å². The van der Waals surface area contributed by atoms with Crippen molar-refractivity contribution in [2.45, 2.75) is 64.8 Å². The average Bonchev–Trinajstić information content (AvgIpc) is 2.52. The van der Waals surface area contributed by atoms with Crippen LogP contribution in [0.25, 0.3) is 0 Å². The molecule has 2 rings (SSSR count). The van der Waals surface area contributed by atoms with Gasteiger partial charge in [0.15, 0.2) is 0 Å². The summed E-state index contributed by atoms with van der Waals surface area (Å²) < 4.78 is 0. The highest BCUT2D eigenvalue weighted by atomic mass is 16.1. The molecule has 0 radical (unpaired) electrons. The molecule has 134 valence electrons. The molecule has 0 heterocycles. The van der Waals surface area contributed by atoms with Gasteiger partial charge in [0.2, 0.25) is 5.91 Å². The third kappa shape index (κ3) is 6.38. The zero-order chi connectivity index (χ0) is 18.5. The molecule has 0 aliphatic rings. The van der Waals surface area contributed by atoms with Crippen molar-refractivity contribution in [2.75, 3.05) is 0 Å². The number of carbonyl (C=O) groups excluding carboxylic acids is 1. The maximum absolute atomic E-state index is 12.3. The number of rotatable bonds is 6. The lowest BCUT2D eigenvalue weighted by atomic mass is 9.86. The number of aryl methyl sites for hydroxylation is 1. The Labute approximate surface area is 152 Å². The summed E-state index contributed by atoms with van der Waals surface area (Å²) in [5.41, 5.74) is 3.70. The van der Waals surface area contributed by atoms with Gasteiger partial charge in [-0.25, -0.2) is 0 Å². The van der Waals surface area contributed by atoms with E-state index >= 15 is 0 Å². The quantitative estimate of drug-likeness (QED) is 0.785. The smallest absolute Gasteiger partial charge is 0.220 e. The van der Waals surface area contributed by atoms with E-state index in [1.165, 1.54) is 16.7 Å². The molecule has 0 fully saturated rings. The van der Waals surface area contributed by atoms with Crippen LogP contribution in [0.3, 0.4) is 0 Å². The lowest BCUT2D eigenvalue weighted by molar-refractivity contribution is -0.122. The molecule has 0 aliphatic heterocycles. The van der Waals surface area contributed by atoms with Gasteiger partial charge < -0.3 is 5.32 Å². The predicted molar refractivity (Wildman–Crippen MR) is 106 cm³/mol. The SMILES string of the molecule is CC(C)(Cc1ccccc1)NC(=O)CCc1ccc(C(C)(C)C)cc1. The maximum atomic E-state index is 12.3. The second kappa shape index (κ2) is 7.86. The van der Waals surface area contributed by atoms with Crippen LogP contribution in [0, 0.1) is 0 Å². The molecule has 1 N–H and O–H groups in total. The highest BCUT2D eigenvalue weighted by Crippen LogP contribution is 2.22. The van der Waals surface area contributed by atoms with Crippen molar-refractivity contribution in [1.29, 1.82) is 0 Å². The van der Waals surface area contributed by atoms with Crippen LogP contribution in [-0.2, 0) is 23.1 Å². The molecule has 1 amide bonds. The van der Waals surface area contributed by atoms with E-state index in [2.05, 4.69) is 76.3 Å². The monoisotopic (exact) mass is 337 g/mol. The molecule has 0 aliphatic carbocycles. The third-order valence-electron chi connectivity index (χ3n) is 4.43. The Bertz CT molecular complexity index is 678. The summed E-state index contributed by atoms with van der Waals surface area (Å²) in [5.74, 6) is 0.112. The van der Waals surface area contributed by atoms with Gasteiger partial charge in [-0.3, -0.25) is 4.79 Å². The molecule has 2 nitrogen and oxygen atoms in total. The van der Waals surface area contributed by atoms with Gasteiger partial charge >= 0.3 is 0 Å². The van der Waals surface area contributed by atoms with Gasteiger partial charge in [0.1, 0.15) is 0 Å². The first kappa shape index (κ1) is 19.2. The van der Waals surface area contributed by atoms with Crippen LogP contribution in [0.1, 0.15) is 57.7 Å². The van der Waals surface area contributed by atoms with E-state index in [9.17, 15) is 4.79 Å². The van der Waals surface area contributed by atoms with Crippen LogP contribution >= 0.6 is 0 Å². The van der Waals surface area contributed by atoms with Crippen LogP contribution in [-0.4, -0.2) is 11.4 Å². The van der Waals surface area contributed by atoms with Crippen LogP contribution in [0.15, 0.2) is 54.6 Å². The molecule has 0 spiro atoms. The van der Waals surface area contributed by atoms with Crippen LogP contribution in [0.2, 0.25) is 0 Å². The Hall–Kier alpha value is -2.09. The van der Waals surface area contributed by atoms with E-state index in [1.807, 2.05) is 18.2 Å². The van der Waals surface area contributed by atoms with Gasteiger partial charge in [0, 0.05) is 12.0 Å². The maximum Gasteiger partial charge on any atom is 0.220 e. The first-order valence-corrected chi connectivity index (χ1v) is 9.10. The highest BCUT2D eigenvalue weighted by molar-refractivity contribution is 5.77. The number of hydrogen-bond acceptors (Lipinski definition) is 1. The number of hydrogen-bond donors (Lipinski definition) is 1. The van der Waals surface area contributed by atoms with E-state index in [4.69, 9.17) is 0 Å². The molecule has 2 aromatic rings. The van der Waals surface area contributed by atoms with Crippen molar-refractivity contribution in [3.05, 3.63) is 71.3 Å². The summed E-state index contributed by atoms with van der Waals surface area (Å²) >= 11 is 0. The molecule has 0 bridgehead atoms. The molecule has 2 heteroatoms. The molecular weight excluding hydrogens is 306 g/mol. The van der Waals surface area contributed by atoms with E-state index in [0.717, 1.165) is 12.8 Å². The predicted octanol–water partition coefficient (Wildman–Crippen LogP) is 5.05. The minimum atomic E-state index is -0.242. The van der Waals surface area contributed by atoms with Crippen LogP contribution in [0.5, 0.6) is 0 Å². The summed E-state index contributed by atoms with van der Waals surface area (Å²) in [4.78, 5) is 12.3. The molecule has 0 aromatic heterocycles. The first-order chi connectivity index (χ1) is 11.7. The fourth-order valence-corrected chi connectivity index (χ4v) is 3.02. The van der Waals surface area contributed by atoms with Crippen LogP contribution in [0.4, 0.5) is 0 Å². The molecular formula is C23H31NO. The van der Waals surface area contributed by atoms with Gasteiger partial charge in [-0.05, 0) is 48.8 Å². The molecule has 2 aromatic carbocycles. The summed E-state index contributed by atoms with van der Waals surface area (Å²) in [6.45, 7) is 10.8. The van der Waals surface area contributed by atoms with Gasteiger partial charge in [0.05, 0.1) is 0 Å². The highest BCUT2D eigenvalue weighted by Gasteiger charge is 2.20. The summed E-state index contributed by atoms with van der Waals surface area (Å²) in [7, 11) is 0. The standard InChI is InChI=1S/C23H31NO/c1-22(2,3)20-14-11-18(12-15-20)13-16-21(25)24-23(4,5)17-19-9-7-6-8-10-19/h6-12,14-15H,13,16-17H2,1-5H3,(H,24,25). The van der Waals surface area contributed by atoms with E-state index in [0.29, 0.717) is 6.42 Å². The zero-order valence-corrected chi connectivity index (χ0v) is 16.2. The van der Waals surface area contributed by atoms with Crippen molar-refractivity contribution in [3.63, 3.8) is 0 Å². The minimum absolute atomic E-state index is 0.112. The number of carbonyl (C=O) groups is 1. The van der Waals surface area contributed by atoms with Crippen molar-refractivity contribution < 1.29 is 4.79 Å². The Morgan fingerprint density at radius 3 is 2.00 bits per heavy atom. The summed E-state index contributed by atoms with van der Waals surface area (Å²) in [6, 6.07) is 18.9. The summed E-state index contributed by atoms with van der Waals surface area (Å²) in [6.07, 6.45) is 2.13. The summed E-state index contributed by atoms with van der Waals surface area (Å²) in [5, 5.41) is 3.17. The lowest BCUT2D eigenvalue weighted by Crippen LogP contribution is -2.45. The van der Waals surface area contributed by atoms with Gasteiger partial charge in [-0.15, -0.1) is 0 Å². The molecule has 0 unspecified atom stereocenters. The van der Waals surface area contributed by atoms with Crippen molar-refractivity contribution in [1.82, 2.24) is 5.32 Å². The molecule has 0 saturated heterocycles. The van der Waals surface area contributed by atoms with Gasteiger partial charge in [-0.1, -0.05) is 75.4 Å². The van der Waals surface area contributed by atoms with Gasteiger partial charge in [-0.2, -0.15) is 0 Å². The van der Waals surface area contributed by atoms with Crippen LogP contribution < -0.4 is 5.32 Å². The second-order valence-corrected chi connectivity index (χ2v) is 8.54. The average molecular weight is 338 g/mol. The topological polar surface area (TPSA) is 29.1 Å².